The molecule has 25 heavy (non-hydrogen) atoms. The normalized spacial score (nSPS) is 26.2. The highest BCUT2D eigenvalue weighted by molar-refractivity contribution is 5.48. The van der Waals surface area contributed by atoms with Gasteiger partial charge in [-0.1, -0.05) is 48.5 Å². The number of hydrogen-bond donors (Lipinski definition) is 0. The molecule has 1 atom stereocenters. The summed E-state index contributed by atoms with van der Waals surface area (Å²) in [6.07, 6.45) is 5.51. The zero-order chi connectivity index (χ0) is 16.9. The van der Waals surface area contributed by atoms with Crippen molar-refractivity contribution in [3.05, 3.63) is 70.8 Å². The van der Waals surface area contributed by atoms with Crippen LogP contribution in [0, 0.1) is 6.92 Å². The number of benzene rings is 2. The molecule has 3 aliphatic rings. The molecule has 2 spiro atoms. The maximum absolute atomic E-state index is 6.01. The van der Waals surface area contributed by atoms with Crippen molar-refractivity contribution in [3.8, 4) is 0 Å². The van der Waals surface area contributed by atoms with Gasteiger partial charge in [0.25, 0.3) is 0 Å². The van der Waals surface area contributed by atoms with Crippen LogP contribution in [-0.2, 0) is 21.3 Å². The molecule has 2 aromatic carbocycles. The molecule has 1 heterocycles. The van der Waals surface area contributed by atoms with Gasteiger partial charge in [0.05, 0.1) is 13.2 Å². The van der Waals surface area contributed by atoms with E-state index in [1.807, 2.05) is 0 Å². The lowest BCUT2D eigenvalue weighted by atomic mass is 9.62. The lowest BCUT2D eigenvalue weighted by Gasteiger charge is -2.46. The Morgan fingerprint density at radius 2 is 1.52 bits per heavy atom. The monoisotopic (exact) mass is 334 g/mol. The molecule has 0 radical (unpaired) electrons. The van der Waals surface area contributed by atoms with Crippen molar-refractivity contribution < 1.29 is 9.47 Å². The summed E-state index contributed by atoms with van der Waals surface area (Å²) < 4.78 is 12.0. The summed E-state index contributed by atoms with van der Waals surface area (Å²) in [4.78, 5) is 0. The molecule has 2 heteroatoms. The summed E-state index contributed by atoms with van der Waals surface area (Å²) in [5, 5.41) is 0. The number of aryl methyl sites for hydroxylation is 1. The Balaban J connectivity index is 1.57. The second-order valence-corrected chi connectivity index (χ2v) is 8.03. The largest absolute Gasteiger partial charge is 0.348 e. The molecular formula is C23H26O2. The van der Waals surface area contributed by atoms with E-state index < -0.39 is 0 Å². The Bertz CT molecular complexity index is 778. The highest BCUT2D eigenvalue weighted by Crippen LogP contribution is 2.58. The van der Waals surface area contributed by atoms with E-state index in [0.717, 1.165) is 45.3 Å². The number of fused-ring (bicyclic) bond motifs is 2. The Kier molecular flexibility index (Phi) is 3.55. The molecule has 0 amide bonds. The molecular weight excluding hydrogens is 308 g/mol. The van der Waals surface area contributed by atoms with E-state index >= 15 is 0 Å². The van der Waals surface area contributed by atoms with Crippen LogP contribution < -0.4 is 0 Å². The average Bonchev–Trinajstić information content (AvgIpc) is 3.22. The summed E-state index contributed by atoms with van der Waals surface area (Å²) in [7, 11) is 0. The van der Waals surface area contributed by atoms with Crippen LogP contribution in [-0.4, -0.2) is 19.0 Å². The van der Waals surface area contributed by atoms with Gasteiger partial charge in [0.1, 0.15) is 0 Å². The summed E-state index contributed by atoms with van der Waals surface area (Å²) in [5.41, 5.74) is 6.32. The maximum atomic E-state index is 6.01. The van der Waals surface area contributed by atoms with Gasteiger partial charge in [-0.25, -0.2) is 0 Å². The first-order valence-electron chi connectivity index (χ1n) is 9.64. The minimum atomic E-state index is -0.293. The van der Waals surface area contributed by atoms with Crippen LogP contribution in [0.3, 0.4) is 0 Å². The van der Waals surface area contributed by atoms with E-state index in [0.29, 0.717) is 5.92 Å². The van der Waals surface area contributed by atoms with Crippen LogP contribution in [0.4, 0.5) is 0 Å². The van der Waals surface area contributed by atoms with Crippen molar-refractivity contribution in [1.29, 1.82) is 0 Å². The fraction of sp³-hybridized carbons (Fsp3) is 0.478. The lowest BCUT2D eigenvalue weighted by molar-refractivity contribution is -0.186. The van der Waals surface area contributed by atoms with Crippen LogP contribution in [0.15, 0.2) is 48.5 Å². The summed E-state index contributed by atoms with van der Waals surface area (Å²) in [6, 6.07) is 18.1. The number of rotatable bonds is 1. The minimum Gasteiger partial charge on any atom is -0.348 e. The SMILES string of the molecule is Cc1ccccc1C1Cc2ccccc2C12CCC1(CC2)OCCO1. The molecule has 0 N–H and O–H groups in total. The van der Waals surface area contributed by atoms with Crippen molar-refractivity contribution in [1.82, 2.24) is 0 Å². The highest BCUT2D eigenvalue weighted by Gasteiger charge is 2.53. The molecule has 1 aliphatic heterocycles. The second-order valence-electron chi connectivity index (χ2n) is 8.03. The first-order chi connectivity index (χ1) is 12.2. The molecule has 2 nitrogen and oxygen atoms in total. The van der Waals surface area contributed by atoms with Crippen molar-refractivity contribution >= 4 is 0 Å². The number of ether oxygens (including phenoxy) is 2. The summed E-state index contributed by atoms with van der Waals surface area (Å²) >= 11 is 0. The Morgan fingerprint density at radius 1 is 0.840 bits per heavy atom. The van der Waals surface area contributed by atoms with E-state index in [-0.39, 0.29) is 11.2 Å². The fourth-order valence-electron chi connectivity index (χ4n) is 5.65. The molecule has 1 saturated heterocycles. The van der Waals surface area contributed by atoms with Gasteiger partial charge in [-0.05, 0) is 54.4 Å². The predicted octanol–water partition coefficient (Wildman–Crippen LogP) is 4.89. The van der Waals surface area contributed by atoms with Gasteiger partial charge in [0, 0.05) is 18.3 Å². The minimum absolute atomic E-state index is 0.239. The Hall–Kier alpha value is -1.64. The van der Waals surface area contributed by atoms with Gasteiger partial charge in [-0.3, -0.25) is 0 Å². The van der Waals surface area contributed by atoms with Crippen LogP contribution in [0.2, 0.25) is 0 Å². The third kappa shape index (κ3) is 2.31. The smallest absolute Gasteiger partial charge is 0.168 e. The van der Waals surface area contributed by atoms with Gasteiger partial charge < -0.3 is 9.47 Å². The van der Waals surface area contributed by atoms with E-state index in [2.05, 4.69) is 55.5 Å². The first kappa shape index (κ1) is 15.6. The van der Waals surface area contributed by atoms with Crippen LogP contribution in [0.5, 0.6) is 0 Å². The average molecular weight is 334 g/mol. The van der Waals surface area contributed by atoms with E-state index in [1.54, 1.807) is 11.1 Å². The molecule has 5 rings (SSSR count). The molecule has 2 aromatic rings. The van der Waals surface area contributed by atoms with Crippen molar-refractivity contribution in [2.75, 3.05) is 13.2 Å². The zero-order valence-electron chi connectivity index (χ0n) is 15.0. The molecule has 0 bridgehead atoms. The van der Waals surface area contributed by atoms with Crippen LogP contribution in [0.1, 0.15) is 53.9 Å². The van der Waals surface area contributed by atoms with Gasteiger partial charge in [-0.2, -0.15) is 0 Å². The molecule has 1 saturated carbocycles. The molecule has 2 aliphatic carbocycles. The standard InChI is InChI=1S/C23H26O2/c1-17-6-2-4-8-19(17)21-16-18-7-3-5-9-20(18)22(21)10-12-23(13-11-22)24-14-15-25-23/h2-9,21H,10-16H2,1H3. The quantitative estimate of drug-likeness (QED) is 0.739. The molecule has 2 fully saturated rings. The summed E-state index contributed by atoms with van der Waals surface area (Å²) in [5.74, 6) is 0.281. The molecule has 0 aromatic heterocycles. The zero-order valence-corrected chi connectivity index (χ0v) is 15.0. The Labute approximate surface area is 150 Å². The van der Waals surface area contributed by atoms with Crippen molar-refractivity contribution in [2.45, 2.75) is 56.1 Å². The highest BCUT2D eigenvalue weighted by atomic mass is 16.7. The first-order valence-corrected chi connectivity index (χ1v) is 9.64. The molecule has 1 unspecified atom stereocenters. The fourth-order valence-corrected chi connectivity index (χ4v) is 5.65. The topological polar surface area (TPSA) is 18.5 Å². The van der Waals surface area contributed by atoms with E-state index in [4.69, 9.17) is 9.47 Å². The predicted molar refractivity (Wildman–Crippen MR) is 98.8 cm³/mol. The van der Waals surface area contributed by atoms with Gasteiger partial charge in [0.2, 0.25) is 0 Å². The van der Waals surface area contributed by atoms with Gasteiger partial charge in [0.15, 0.2) is 5.79 Å². The third-order valence-electron chi connectivity index (χ3n) is 6.93. The third-order valence-corrected chi connectivity index (χ3v) is 6.93. The van der Waals surface area contributed by atoms with E-state index in [9.17, 15) is 0 Å². The van der Waals surface area contributed by atoms with Crippen LogP contribution in [0.25, 0.3) is 0 Å². The summed E-state index contributed by atoms with van der Waals surface area (Å²) in [6.45, 7) is 3.77. The maximum Gasteiger partial charge on any atom is 0.168 e. The number of hydrogen-bond acceptors (Lipinski definition) is 2. The molecule has 130 valence electrons. The van der Waals surface area contributed by atoms with Crippen LogP contribution >= 0.6 is 0 Å². The Morgan fingerprint density at radius 3 is 2.28 bits per heavy atom. The van der Waals surface area contributed by atoms with Crippen molar-refractivity contribution in [3.63, 3.8) is 0 Å². The lowest BCUT2D eigenvalue weighted by Crippen LogP contribution is -2.43. The van der Waals surface area contributed by atoms with E-state index in [1.165, 1.54) is 11.1 Å². The van der Waals surface area contributed by atoms with Gasteiger partial charge in [-0.15, -0.1) is 0 Å². The second kappa shape index (κ2) is 5.69. The van der Waals surface area contributed by atoms with Gasteiger partial charge >= 0.3 is 0 Å². The van der Waals surface area contributed by atoms with Crippen molar-refractivity contribution in [2.24, 2.45) is 0 Å².